The van der Waals surface area contributed by atoms with Gasteiger partial charge in [-0.25, -0.2) is 4.79 Å². The number of urea groups is 1. The minimum absolute atomic E-state index is 0.00135. The molecule has 0 saturated heterocycles. The fourth-order valence-electron chi connectivity index (χ4n) is 2.40. The van der Waals surface area contributed by atoms with E-state index in [4.69, 9.17) is 0 Å². The van der Waals surface area contributed by atoms with E-state index < -0.39 is 0 Å². The maximum Gasteiger partial charge on any atom is 0.314 e. The van der Waals surface area contributed by atoms with Gasteiger partial charge in [0, 0.05) is 13.1 Å². The van der Waals surface area contributed by atoms with Crippen LogP contribution in [-0.4, -0.2) is 19.1 Å². The summed E-state index contributed by atoms with van der Waals surface area (Å²) in [5, 5.41) is 5.86. The minimum Gasteiger partial charge on any atom is -0.338 e. The Morgan fingerprint density at radius 1 is 1.12 bits per heavy atom. The van der Waals surface area contributed by atoms with Crippen molar-refractivity contribution in [2.45, 2.75) is 58.8 Å². The van der Waals surface area contributed by atoms with E-state index in [2.05, 4.69) is 24.5 Å². The van der Waals surface area contributed by atoms with Crippen molar-refractivity contribution in [2.24, 2.45) is 11.8 Å². The molecule has 0 spiro atoms. The molecule has 2 amide bonds. The standard InChI is InChI=1S/C14H28N2O/c1-12(2)8-10-15-14(17)16-11-9-13-6-4-3-5-7-13/h12-13H,3-11H2,1-2H3,(H2,15,16,17). The highest BCUT2D eigenvalue weighted by Crippen LogP contribution is 2.25. The van der Waals surface area contributed by atoms with Gasteiger partial charge in [0.25, 0.3) is 0 Å². The van der Waals surface area contributed by atoms with Gasteiger partial charge in [-0.3, -0.25) is 0 Å². The monoisotopic (exact) mass is 240 g/mol. The molecule has 3 heteroatoms. The summed E-state index contributed by atoms with van der Waals surface area (Å²) in [5.74, 6) is 1.50. The number of carbonyl (C=O) groups is 1. The molecule has 1 rings (SSSR count). The maximum atomic E-state index is 11.4. The number of carbonyl (C=O) groups excluding carboxylic acids is 1. The van der Waals surface area contributed by atoms with Gasteiger partial charge >= 0.3 is 6.03 Å². The van der Waals surface area contributed by atoms with Gasteiger partial charge in [-0.2, -0.15) is 0 Å². The Balaban J connectivity index is 1.95. The van der Waals surface area contributed by atoms with E-state index in [9.17, 15) is 4.79 Å². The summed E-state index contributed by atoms with van der Waals surface area (Å²) < 4.78 is 0. The summed E-state index contributed by atoms with van der Waals surface area (Å²) in [6.07, 6.45) is 9.08. The van der Waals surface area contributed by atoms with Crippen LogP contribution in [0.5, 0.6) is 0 Å². The average Bonchev–Trinajstić information content (AvgIpc) is 2.30. The molecule has 1 saturated carbocycles. The Labute approximate surface area is 106 Å². The van der Waals surface area contributed by atoms with Gasteiger partial charge in [0.1, 0.15) is 0 Å². The van der Waals surface area contributed by atoms with Gasteiger partial charge in [-0.15, -0.1) is 0 Å². The quantitative estimate of drug-likeness (QED) is 0.735. The van der Waals surface area contributed by atoms with Crippen LogP contribution in [0.1, 0.15) is 58.8 Å². The second-order valence-corrected chi connectivity index (χ2v) is 5.66. The number of hydrogen-bond donors (Lipinski definition) is 2. The van der Waals surface area contributed by atoms with Gasteiger partial charge in [0.2, 0.25) is 0 Å². The van der Waals surface area contributed by atoms with E-state index >= 15 is 0 Å². The van der Waals surface area contributed by atoms with E-state index in [1.54, 1.807) is 0 Å². The van der Waals surface area contributed by atoms with Crippen molar-refractivity contribution < 1.29 is 4.79 Å². The SMILES string of the molecule is CC(C)CCNC(=O)NCCC1CCCCC1. The topological polar surface area (TPSA) is 41.1 Å². The Morgan fingerprint density at radius 2 is 1.76 bits per heavy atom. The lowest BCUT2D eigenvalue weighted by atomic mass is 9.87. The minimum atomic E-state index is 0.00135. The number of hydrogen-bond acceptors (Lipinski definition) is 1. The zero-order valence-corrected chi connectivity index (χ0v) is 11.4. The first kappa shape index (κ1) is 14.3. The fourth-order valence-corrected chi connectivity index (χ4v) is 2.40. The molecule has 100 valence electrons. The number of nitrogens with one attached hydrogen (secondary N) is 2. The third kappa shape index (κ3) is 7.24. The summed E-state index contributed by atoms with van der Waals surface area (Å²) in [4.78, 5) is 11.4. The maximum absolute atomic E-state index is 11.4. The number of rotatable bonds is 6. The van der Waals surface area contributed by atoms with Gasteiger partial charge in [-0.05, 0) is 24.7 Å². The van der Waals surface area contributed by atoms with E-state index in [0.29, 0.717) is 5.92 Å². The molecule has 1 aliphatic carbocycles. The summed E-state index contributed by atoms with van der Waals surface area (Å²) >= 11 is 0. The number of amides is 2. The van der Waals surface area contributed by atoms with Crippen LogP contribution >= 0.6 is 0 Å². The summed E-state index contributed by atoms with van der Waals surface area (Å²) in [6.45, 7) is 5.95. The molecule has 0 aliphatic heterocycles. The van der Waals surface area contributed by atoms with Crippen molar-refractivity contribution in [3.8, 4) is 0 Å². The molecule has 0 bridgehead atoms. The van der Waals surface area contributed by atoms with Gasteiger partial charge in [0.05, 0.1) is 0 Å². The lowest BCUT2D eigenvalue weighted by Gasteiger charge is -2.21. The van der Waals surface area contributed by atoms with Crippen molar-refractivity contribution >= 4 is 6.03 Å². The molecule has 2 N–H and O–H groups in total. The Hall–Kier alpha value is -0.730. The molecule has 0 atom stereocenters. The highest BCUT2D eigenvalue weighted by molar-refractivity contribution is 5.73. The van der Waals surface area contributed by atoms with Crippen LogP contribution in [0.15, 0.2) is 0 Å². The van der Waals surface area contributed by atoms with E-state index in [1.165, 1.54) is 32.1 Å². The largest absolute Gasteiger partial charge is 0.338 e. The molecular formula is C14H28N2O. The summed E-state index contributed by atoms with van der Waals surface area (Å²) in [5.41, 5.74) is 0. The molecule has 1 aliphatic rings. The Bertz CT molecular complexity index is 210. The molecule has 0 radical (unpaired) electrons. The fraction of sp³-hybridized carbons (Fsp3) is 0.929. The van der Waals surface area contributed by atoms with Crippen molar-refractivity contribution in [2.75, 3.05) is 13.1 Å². The molecule has 0 unspecified atom stereocenters. The zero-order valence-electron chi connectivity index (χ0n) is 11.4. The van der Waals surface area contributed by atoms with Gasteiger partial charge in [-0.1, -0.05) is 46.0 Å². The van der Waals surface area contributed by atoms with Crippen LogP contribution in [0.25, 0.3) is 0 Å². The normalized spacial score (nSPS) is 17.1. The average molecular weight is 240 g/mol. The molecule has 17 heavy (non-hydrogen) atoms. The van der Waals surface area contributed by atoms with Crippen LogP contribution in [0, 0.1) is 11.8 Å². The Morgan fingerprint density at radius 3 is 2.41 bits per heavy atom. The summed E-state index contributed by atoms with van der Waals surface area (Å²) in [6, 6.07) is 0.00135. The van der Waals surface area contributed by atoms with Crippen LogP contribution < -0.4 is 10.6 Å². The Kier molecular flexibility index (Phi) is 7.06. The zero-order chi connectivity index (χ0) is 12.5. The van der Waals surface area contributed by atoms with Crippen LogP contribution in [-0.2, 0) is 0 Å². The first-order valence-corrected chi connectivity index (χ1v) is 7.20. The third-order valence-corrected chi connectivity index (χ3v) is 3.57. The highest BCUT2D eigenvalue weighted by Gasteiger charge is 2.13. The van der Waals surface area contributed by atoms with Crippen LogP contribution in [0.4, 0.5) is 4.79 Å². The van der Waals surface area contributed by atoms with Gasteiger partial charge < -0.3 is 10.6 Å². The van der Waals surface area contributed by atoms with E-state index in [1.807, 2.05) is 0 Å². The van der Waals surface area contributed by atoms with Crippen molar-refractivity contribution in [3.63, 3.8) is 0 Å². The lowest BCUT2D eigenvalue weighted by Crippen LogP contribution is -2.37. The molecule has 0 aromatic heterocycles. The molecule has 0 heterocycles. The van der Waals surface area contributed by atoms with Crippen LogP contribution in [0.2, 0.25) is 0 Å². The molecule has 0 aromatic rings. The highest BCUT2D eigenvalue weighted by atomic mass is 16.2. The van der Waals surface area contributed by atoms with Crippen molar-refractivity contribution in [1.82, 2.24) is 10.6 Å². The first-order valence-electron chi connectivity index (χ1n) is 7.20. The van der Waals surface area contributed by atoms with E-state index in [-0.39, 0.29) is 6.03 Å². The van der Waals surface area contributed by atoms with Crippen LogP contribution in [0.3, 0.4) is 0 Å². The molecular weight excluding hydrogens is 212 g/mol. The smallest absolute Gasteiger partial charge is 0.314 e. The lowest BCUT2D eigenvalue weighted by molar-refractivity contribution is 0.238. The van der Waals surface area contributed by atoms with Crippen molar-refractivity contribution in [1.29, 1.82) is 0 Å². The summed E-state index contributed by atoms with van der Waals surface area (Å²) in [7, 11) is 0. The van der Waals surface area contributed by atoms with Gasteiger partial charge in [0.15, 0.2) is 0 Å². The molecule has 3 nitrogen and oxygen atoms in total. The third-order valence-electron chi connectivity index (χ3n) is 3.57. The van der Waals surface area contributed by atoms with Crippen molar-refractivity contribution in [3.05, 3.63) is 0 Å². The second-order valence-electron chi connectivity index (χ2n) is 5.66. The van der Waals surface area contributed by atoms with E-state index in [0.717, 1.165) is 31.8 Å². The second kappa shape index (κ2) is 8.37. The first-order chi connectivity index (χ1) is 8.18. The predicted molar refractivity (Wildman–Crippen MR) is 72.0 cm³/mol. The molecule has 1 fully saturated rings. The predicted octanol–water partition coefficient (Wildman–Crippen LogP) is 3.30. The molecule has 0 aromatic carbocycles.